The second-order valence-electron chi connectivity index (χ2n) is 6.22. The molecular weight excluding hydrogens is 320 g/mol. The first kappa shape index (κ1) is 16.7. The van der Waals surface area contributed by atoms with Crippen molar-refractivity contribution < 1.29 is 9.59 Å². The first-order valence-electron chi connectivity index (χ1n) is 8.29. The standard InChI is InChI=1S/C19H22N2O2S/c1-13-7-5-8-15(14(13)2)20-18(22)16-9-3-4-11-21(16)19(23)17-10-6-12-24-17/h5-8,10,12,16H,3-4,9,11H2,1-2H3,(H,20,22). The number of nitrogens with zero attached hydrogens (tertiary/aromatic N) is 1. The van der Waals surface area contributed by atoms with Crippen molar-refractivity contribution in [2.45, 2.75) is 39.2 Å². The molecule has 1 unspecified atom stereocenters. The van der Waals surface area contributed by atoms with Gasteiger partial charge in [-0.05, 0) is 61.7 Å². The van der Waals surface area contributed by atoms with Crippen LogP contribution in [0.2, 0.25) is 0 Å². The number of rotatable bonds is 3. The third-order valence-corrected chi connectivity index (χ3v) is 5.52. The number of piperidine rings is 1. The molecule has 1 aromatic heterocycles. The van der Waals surface area contributed by atoms with Gasteiger partial charge in [-0.15, -0.1) is 11.3 Å². The summed E-state index contributed by atoms with van der Waals surface area (Å²) in [7, 11) is 0. The molecule has 1 saturated heterocycles. The molecule has 0 aliphatic carbocycles. The molecule has 4 nitrogen and oxygen atoms in total. The fourth-order valence-corrected chi connectivity index (χ4v) is 3.77. The largest absolute Gasteiger partial charge is 0.326 e. The van der Waals surface area contributed by atoms with Gasteiger partial charge >= 0.3 is 0 Å². The number of aryl methyl sites for hydroxylation is 1. The maximum atomic E-state index is 12.8. The van der Waals surface area contributed by atoms with Gasteiger partial charge in [0.15, 0.2) is 0 Å². The van der Waals surface area contributed by atoms with Crippen LogP contribution in [0.5, 0.6) is 0 Å². The summed E-state index contributed by atoms with van der Waals surface area (Å²) >= 11 is 1.42. The van der Waals surface area contributed by atoms with E-state index in [2.05, 4.69) is 5.32 Å². The predicted molar refractivity (Wildman–Crippen MR) is 97.5 cm³/mol. The van der Waals surface area contributed by atoms with E-state index in [1.807, 2.05) is 49.6 Å². The Labute approximate surface area is 146 Å². The first-order chi connectivity index (χ1) is 11.6. The minimum absolute atomic E-state index is 0.0363. The third-order valence-electron chi connectivity index (χ3n) is 4.66. The Hall–Kier alpha value is -2.14. The number of thiophene rings is 1. The molecule has 0 spiro atoms. The fourth-order valence-electron chi connectivity index (χ4n) is 3.09. The maximum Gasteiger partial charge on any atom is 0.264 e. The van der Waals surface area contributed by atoms with Crippen molar-refractivity contribution in [2.24, 2.45) is 0 Å². The van der Waals surface area contributed by atoms with Gasteiger partial charge in [0, 0.05) is 12.2 Å². The average molecular weight is 342 g/mol. The van der Waals surface area contributed by atoms with E-state index >= 15 is 0 Å². The van der Waals surface area contributed by atoms with Crippen LogP contribution >= 0.6 is 11.3 Å². The van der Waals surface area contributed by atoms with Crippen LogP contribution in [0.4, 0.5) is 5.69 Å². The van der Waals surface area contributed by atoms with E-state index in [1.54, 1.807) is 4.90 Å². The molecule has 126 valence electrons. The van der Waals surface area contributed by atoms with E-state index in [0.717, 1.165) is 29.7 Å². The number of carbonyl (C=O) groups excluding carboxylic acids is 2. The summed E-state index contributed by atoms with van der Waals surface area (Å²) in [5.41, 5.74) is 3.04. The molecule has 0 bridgehead atoms. The van der Waals surface area contributed by atoms with E-state index < -0.39 is 6.04 Å². The quantitative estimate of drug-likeness (QED) is 0.916. The highest BCUT2D eigenvalue weighted by Crippen LogP contribution is 2.24. The minimum atomic E-state index is -0.395. The molecule has 2 heterocycles. The molecule has 0 radical (unpaired) electrons. The molecule has 1 N–H and O–H groups in total. The lowest BCUT2D eigenvalue weighted by Gasteiger charge is -2.34. The Bertz CT molecular complexity index is 740. The summed E-state index contributed by atoms with van der Waals surface area (Å²) in [4.78, 5) is 27.9. The van der Waals surface area contributed by atoms with Crippen LogP contribution in [0.1, 0.15) is 40.1 Å². The molecule has 1 aliphatic rings. The number of likely N-dealkylation sites (tertiary alicyclic amines) is 1. The number of hydrogen-bond donors (Lipinski definition) is 1. The SMILES string of the molecule is Cc1cccc(NC(=O)C2CCCCN2C(=O)c2cccs2)c1C. The Morgan fingerprint density at radius 1 is 1.17 bits per heavy atom. The van der Waals surface area contributed by atoms with Gasteiger partial charge in [0.05, 0.1) is 4.88 Å². The summed E-state index contributed by atoms with van der Waals surface area (Å²) in [6.45, 7) is 4.67. The zero-order valence-electron chi connectivity index (χ0n) is 14.0. The molecule has 24 heavy (non-hydrogen) atoms. The van der Waals surface area contributed by atoms with Crippen LogP contribution in [0.15, 0.2) is 35.7 Å². The van der Waals surface area contributed by atoms with Crippen molar-refractivity contribution in [3.8, 4) is 0 Å². The highest BCUT2D eigenvalue weighted by molar-refractivity contribution is 7.12. The van der Waals surface area contributed by atoms with Crippen LogP contribution in [-0.4, -0.2) is 29.3 Å². The number of carbonyl (C=O) groups is 2. The smallest absolute Gasteiger partial charge is 0.264 e. The number of benzene rings is 1. The predicted octanol–water partition coefficient (Wildman–Crippen LogP) is 4.00. The molecule has 2 amide bonds. The third kappa shape index (κ3) is 3.36. The number of nitrogens with one attached hydrogen (secondary N) is 1. The van der Waals surface area contributed by atoms with Crippen molar-refractivity contribution in [3.63, 3.8) is 0 Å². The fraction of sp³-hybridized carbons (Fsp3) is 0.368. The van der Waals surface area contributed by atoms with E-state index in [0.29, 0.717) is 17.8 Å². The highest BCUT2D eigenvalue weighted by atomic mass is 32.1. The van der Waals surface area contributed by atoms with Crippen LogP contribution in [-0.2, 0) is 4.79 Å². The van der Waals surface area contributed by atoms with E-state index in [4.69, 9.17) is 0 Å². The summed E-state index contributed by atoms with van der Waals surface area (Å²) in [6, 6.07) is 9.17. The van der Waals surface area contributed by atoms with Crippen LogP contribution in [0.3, 0.4) is 0 Å². The zero-order chi connectivity index (χ0) is 17.1. The summed E-state index contributed by atoms with van der Waals surface area (Å²) in [5, 5.41) is 4.91. The zero-order valence-corrected chi connectivity index (χ0v) is 14.9. The van der Waals surface area contributed by atoms with Crippen molar-refractivity contribution >= 4 is 28.8 Å². The van der Waals surface area contributed by atoms with Crippen LogP contribution < -0.4 is 5.32 Å². The van der Waals surface area contributed by atoms with Gasteiger partial charge in [0.2, 0.25) is 5.91 Å². The Morgan fingerprint density at radius 3 is 2.75 bits per heavy atom. The van der Waals surface area contributed by atoms with Gasteiger partial charge in [-0.1, -0.05) is 18.2 Å². The summed E-state index contributed by atoms with van der Waals surface area (Å²) in [6.07, 6.45) is 2.64. The number of anilines is 1. The van der Waals surface area contributed by atoms with Crippen LogP contribution in [0, 0.1) is 13.8 Å². The lowest BCUT2D eigenvalue weighted by molar-refractivity contribution is -0.121. The number of hydrogen-bond acceptors (Lipinski definition) is 3. The van der Waals surface area contributed by atoms with E-state index in [-0.39, 0.29) is 11.8 Å². The van der Waals surface area contributed by atoms with Gasteiger partial charge in [0.1, 0.15) is 6.04 Å². The van der Waals surface area contributed by atoms with E-state index in [1.165, 1.54) is 11.3 Å². The van der Waals surface area contributed by atoms with Gasteiger partial charge in [0.25, 0.3) is 5.91 Å². The normalized spacial score (nSPS) is 17.6. The molecule has 3 rings (SSSR count). The molecule has 2 aromatic rings. The highest BCUT2D eigenvalue weighted by Gasteiger charge is 2.33. The average Bonchev–Trinajstić information content (AvgIpc) is 3.13. The number of amides is 2. The van der Waals surface area contributed by atoms with Crippen molar-refractivity contribution in [3.05, 3.63) is 51.7 Å². The van der Waals surface area contributed by atoms with Crippen molar-refractivity contribution in [1.82, 2.24) is 4.90 Å². The molecule has 1 aromatic carbocycles. The molecule has 1 aliphatic heterocycles. The van der Waals surface area contributed by atoms with Gasteiger partial charge in [-0.25, -0.2) is 0 Å². The topological polar surface area (TPSA) is 49.4 Å². The second kappa shape index (κ2) is 7.18. The minimum Gasteiger partial charge on any atom is -0.326 e. The first-order valence-corrected chi connectivity index (χ1v) is 9.17. The molecule has 0 saturated carbocycles. The van der Waals surface area contributed by atoms with Gasteiger partial charge in [-0.2, -0.15) is 0 Å². The molecule has 1 fully saturated rings. The lowest BCUT2D eigenvalue weighted by atomic mass is 10.0. The second-order valence-corrected chi connectivity index (χ2v) is 7.17. The Morgan fingerprint density at radius 2 is 2.00 bits per heavy atom. The van der Waals surface area contributed by atoms with Gasteiger partial charge < -0.3 is 10.2 Å². The van der Waals surface area contributed by atoms with E-state index in [9.17, 15) is 9.59 Å². The van der Waals surface area contributed by atoms with Gasteiger partial charge in [-0.3, -0.25) is 9.59 Å². The molecule has 1 atom stereocenters. The van der Waals surface area contributed by atoms with Crippen molar-refractivity contribution in [2.75, 3.05) is 11.9 Å². The molecule has 5 heteroatoms. The Balaban J connectivity index is 1.78. The monoisotopic (exact) mass is 342 g/mol. The Kier molecular flexibility index (Phi) is 5.00. The van der Waals surface area contributed by atoms with Crippen molar-refractivity contribution in [1.29, 1.82) is 0 Å². The maximum absolute atomic E-state index is 12.8. The summed E-state index contributed by atoms with van der Waals surface area (Å²) in [5.74, 6) is -0.126. The summed E-state index contributed by atoms with van der Waals surface area (Å²) < 4.78 is 0. The van der Waals surface area contributed by atoms with Crippen LogP contribution in [0.25, 0.3) is 0 Å². The lowest BCUT2D eigenvalue weighted by Crippen LogP contribution is -2.49. The molecular formula is C19H22N2O2S.